The summed E-state index contributed by atoms with van der Waals surface area (Å²) >= 11 is 6.07. The lowest BCUT2D eigenvalue weighted by Crippen LogP contribution is -2.23. The normalized spacial score (nSPS) is 14.8. The van der Waals surface area contributed by atoms with Crippen LogP contribution in [0.1, 0.15) is 32.1 Å². The number of halogens is 1. The first-order chi connectivity index (χ1) is 9.72. The second-order valence-corrected chi connectivity index (χ2v) is 5.31. The number of hydrogen-bond donors (Lipinski definition) is 1. The van der Waals surface area contributed by atoms with E-state index in [1.807, 2.05) is 0 Å². The highest BCUT2D eigenvalue weighted by atomic mass is 35.5. The zero-order chi connectivity index (χ0) is 14.4. The molecule has 108 valence electrons. The Balaban J connectivity index is 1.96. The largest absolute Gasteiger partial charge is 0.382 e. The Morgan fingerprint density at radius 1 is 1.50 bits per heavy atom. The standard InChI is InChI=1S/C15H20ClN3O/c1-2-10-19-15(20)14(16)13(11-18-19)17-9-8-12-6-4-3-5-7-12/h2,6,11,17H,1,3-5,7-10H2. The fraction of sp³-hybridized carbons (Fsp3) is 0.467. The molecular formula is C15H20ClN3O. The average Bonchev–Trinajstić information content (AvgIpc) is 2.48. The second-order valence-electron chi connectivity index (χ2n) is 4.93. The molecule has 0 atom stereocenters. The fourth-order valence-corrected chi connectivity index (χ4v) is 2.54. The number of rotatable bonds is 6. The van der Waals surface area contributed by atoms with Crippen LogP contribution in [0.5, 0.6) is 0 Å². The van der Waals surface area contributed by atoms with Crippen LogP contribution in [0, 0.1) is 0 Å². The van der Waals surface area contributed by atoms with Gasteiger partial charge in [-0.25, -0.2) is 4.68 Å². The van der Waals surface area contributed by atoms with Crippen molar-refractivity contribution in [2.45, 2.75) is 38.6 Å². The van der Waals surface area contributed by atoms with E-state index < -0.39 is 0 Å². The molecule has 0 saturated carbocycles. The first-order valence-corrected chi connectivity index (χ1v) is 7.38. The Morgan fingerprint density at radius 3 is 3.05 bits per heavy atom. The van der Waals surface area contributed by atoms with Crippen molar-refractivity contribution in [2.75, 3.05) is 11.9 Å². The third-order valence-electron chi connectivity index (χ3n) is 3.43. The molecule has 1 aliphatic rings. The summed E-state index contributed by atoms with van der Waals surface area (Å²) in [6, 6.07) is 0. The predicted molar refractivity (Wildman–Crippen MR) is 83.4 cm³/mol. The van der Waals surface area contributed by atoms with Gasteiger partial charge < -0.3 is 5.32 Å². The van der Waals surface area contributed by atoms with Crippen molar-refractivity contribution >= 4 is 17.3 Å². The molecule has 2 rings (SSSR count). The zero-order valence-electron chi connectivity index (χ0n) is 11.6. The maximum atomic E-state index is 11.9. The van der Waals surface area contributed by atoms with Crippen LogP contribution in [-0.4, -0.2) is 16.3 Å². The fourth-order valence-electron chi connectivity index (χ4n) is 2.33. The number of anilines is 1. The molecular weight excluding hydrogens is 274 g/mol. The smallest absolute Gasteiger partial charge is 0.287 e. The van der Waals surface area contributed by atoms with E-state index in [0.29, 0.717) is 12.2 Å². The number of allylic oxidation sites excluding steroid dienone is 2. The van der Waals surface area contributed by atoms with Gasteiger partial charge in [-0.3, -0.25) is 4.79 Å². The molecule has 0 unspecified atom stereocenters. The lowest BCUT2D eigenvalue weighted by atomic mass is 9.97. The summed E-state index contributed by atoms with van der Waals surface area (Å²) in [6.07, 6.45) is 11.5. The maximum Gasteiger partial charge on any atom is 0.287 e. The molecule has 4 nitrogen and oxygen atoms in total. The van der Waals surface area contributed by atoms with Gasteiger partial charge in [0.25, 0.3) is 5.56 Å². The monoisotopic (exact) mass is 293 g/mol. The van der Waals surface area contributed by atoms with Gasteiger partial charge in [0, 0.05) is 6.54 Å². The first kappa shape index (κ1) is 14.9. The minimum atomic E-state index is -0.284. The highest BCUT2D eigenvalue weighted by molar-refractivity contribution is 6.32. The van der Waals surface area contributed by atoms with Crippen molar-refractivity contribution in [1.82, 2.24) is 9.78 Å². The molecule has 1 aromatic heterocycles. The van der Waals surface area contributed by atoms with Crippen LogP contribution in [0.2, 0.25) is 5.02 Å². The highest BCUT2D eigenvalue weighted by Gasteiger charge is 2.09. The topological polar surface area (TPSA) is 46.9 Å². The van der Waals surface area contributed by atoms with Crippen LogP contribution >= 0.6 is 11.6 Å². The van der Waals surface area contributed by atoms with E-state index >= 15 is 0 Å². The van der Waals surface area contributed by atoms with Gasteiger partial charge in [0.15, 0.2) is 0 Å². The Labute approximate surface area is 124 Å². The molecule has 0 fully saturated rings. The van der Waals surface area contributed by atoms with Gasteiger partial charge in [0.05, 0.1) is 18.4 Å². The van der Waals surface area contributed by atoms with Gasteiger partial charge in [-0.2, -0.15) is 5.10 Å². The molecule has 0 radical (unpaired) electrons. The quantitative estimate of drug-likeness (QED) is 0.818. The van der Waals surface area contributed by atoms with Crippen molar-refractivity contribution in [2.24, 2.45) is 0 Å². The molecule has 0 aromatic carbocycles. The van der Waals surface area contributed by atoms with E-state index in [4.69, 9.17) is 11.6 Å². The average molecular weight is 294 g/mol. The van der Waals surface area contributed by atoms with Crippen LogP contribution in [-0.2, 0) is 6.54 Å². The minimum absolute atomic E-state index is 0.194. The van der Waals surface area contributed by atoms with Gasteiger partial charge >= 0.3 is 0 Å². The van der Waals surface area contributed by atoms with E-state index in [1.54, 1.807) is 12.3 Å². The van der Waals surface area contributed by atoms with E-state index in [-0.39, 0.29) is 10.6 Å². The minimum Gasteiger partial charge on any atom is -0.382 e. The van der Waals surface area contributed by atoms with E-state index in [1.165, 1.54) is 35.9 Å². The van der Waals surface area contributed by atoms with Crippen molar-refractivity contribution in [3.8, 4) is 0 Å². The Morgan fingerprint density at radius 2 is 2.35 bits per heavy atom. The summed E-state index contributed by atoms with van der Waals surface area (Å²) in [4.78, 5) is 11.9. The summed E-state index contributed by atoms with van der Waals surface area (Å²) in [5.74, 6) is 0. The summed E-state index contributed by atoms with van der Waals surface area (Å²) in [5.41, 5.74) is 1.81. The van der Waals surface area contributed by atoms with Crippen LogP contribution < -0.4 is 10.9 Å². The van der Waals surface area contributed by atoms with Crippen LogP contribution in [0.4, 0.5) is 5.69 Å². The third-order valence-corrected chi connectivity index (χ3v) is 3.80. The molecule has 0 bridgehead atoms. The number of nitrogens with zero attached hydrogens (tertiary/aromatic N) is 2. The van der Waals surface area contributed by atoms with Crippen LogP contribution in [0.15, 0.2) is 35.3 Å². The van der Waals surface area contributed by atoms with Gasteiger partial charge in [0.1, 0.15) is 5.02 Å². The number of nitrogens with one attached hydrogen (secondary N) is 1. The van der Waals surface area contributed by atoms with Gasteiger partial charge in [-0.05, 0) is 32.1 Å². The first-order valence-electron chi connectivity index (χ1n) is 7.00. The predicted octanol–water partition coefficient (Wildman–Crippen LogP) is 3.39. The van der Waals surface area contributed by atoms with E-state index in [0.717, 1.165) is 13.0 Å². The Kier molecular flexibility index (Phi) is 5.41. The second kappa shape index (κ2) is 7.29. The van der Waals surface area contributed by atoms with Crippen molar-refractivity contribution in [3.05, 3.63) is 45.9 Å². The summed E-state index contributed by atoms with van der Waals surface area (Å²) in [7, 11) is 0. The summed E-state index contributed by atoms with van der Waals surface area (Å²) in [5, 5.41) is 7.46. The molecule has 1 aliphatic carbocycles. The molecule has 20 heavy (non-hydrogen) atoms. The lowest BCUT2D eigenvalue weighted by Gasteiger charge is -2.14. The van der Waals surface area contributed by atoms with Crippen LogP contribution in [0.3, 0.4) is 0 Å². The molecule has 1 heterocycles. The Hall–Kier alpha value is -1.55. The summed E-state index contributed by atoms with van der Waals surface area (Å²) in [6.45, 7) is 4.73. The molecule has 0 aliphatic heterocycles. The van der Waals surface area contributed by atoms with Crippen LogP contribution in [0.25, 0.3) is 0 Å². The molecule has 5 heteroatoms. The number of aromatic nitrogens is 2. The van der Waals surface area contributed by atoms with Gasteiger partial charge in [-0.15, -0.1) is 6.58 Å². The summed E-state index contributed by atoms with van der Waals surface area (Å²) < 4.78 is 1.30. The van der Waals surface area contributed by atoms with Gasteiger partial charge in [-0.1, -0.05) is 29.3 Å². The van der Waals surface area contributed by atoms with E-state index in [2.05, 4.69) is 23.1 Å². The van der Waals surface area contributed by atoms with Crippen molar-refractivity contribution in [3.63, 3.8) is 0 Å². The van der Waals surface area contributed by atoms with Crippen molar-refractivity contribution in [1.29, 1.82) is 0 Å². The highest BCUT2D eigenvalue weighted by Crippen LogP contribution is 2.21. The number of hydrogen-bond acceptors (Lipinski definition) is 3. The van der Waals surface area contributed by atoms with Gasteiger partial charge in [0.2, 0.25) is 0 Å². The lowest BCUT2D eigenvalue weighted by molar-refractivity contribution is 0.652. The third kappa shape index (κ3) is 3.73. The molecule has 1 aromatic rings. The molecule has 0 spiro atoms. The zero-order valence-corrected chi connectivity index (χ0v) is 12.3. The SMILES string of the molecule is C=CCn1ncc(NCCC2=CCCCC2)c(Cl)c1=O. The molecule has 0 saturated heterocycles. The maximum absolute atomic E-state index is 11.9. The molecule has 0 amide bonds. The Bertz CT molecular complexity index is 563. The molecule has 1 N–H and O–H groups in total. The van der Waals surface area contributed by atoms with Crippen molar-refractivity contribution < 1.29 is 0 Å². The van der Waals surface area contributed by atoms with E-state index in [9.17, 15) is 4.79 Å².